The van der Waals surface area contributed by atoms with E-state index in [1.807, 2.05) is 49.7 Å². The van der Waals surface area contributed by atoms with E-state index in [4.69, 9.17) is 11.5 Å². The van der Waals surface area contributed by atoms with Gasteiger partial charge in [0.1, 0.15) is 11.6 Å². The number of anilines is 3. The van der Waals surface area contributed by atoms with Crippen molar-refractivity contribution in [1.82, 2.24) is 19.7 Å². The molecule has 0 unspecified atom stereocenters. The molecule has 0 saturated heterocycles. The third-order valence-corrected chi connectivity index (χ3v) is 4.76. The zero-order valence-electron chi connectivity index (χ0n) is 15.4. The van der Waals surface area contributed by atoms with Crippen molar-refractivity contribution in [2.24, 2.45) is 0 Å². The van der Waals surface area contributed by atoms with Gasteiger partial charge in [-0.05, 0) is 32.9 Å². The lowest BCUT2D eigenvalue weighted by Gasteiger charge is -2.07. The van der Waals surface area contributed by atoms with E-state index in [9.17, 15) is 4.79 Å². The molecular formula is C18H21N7OS. The SMILES string of the molecule is Cc1ccc(-n2nc(C)c(NC(=O)CSc3nc(N)cc(N)n3)c2C)cc1. The number of rotatable bonds is 5. The Hall–Kier alpha value is -3.07. The summed E-state index contributed by atoms with van der Waals surface area (Å²) >= 11 is 1.17. The van der Waals surface area contributed by atoms with Crippen LogP contribution in [0.4, 0.5) is 17.3 Å². The summed E-state index contributed by atoms with van der Waals surface area (Å²) in [5.74, 6) is 0.504. The number of aromatic nitrogens is 4. The summed E-state index contributed by atoms with van der Waals surface area (Å²) in [5, 5.41) is 7.83. The van der Waals surface area contributed by atoms with Gasteiger partial charge in [0.05, 0.1) is 28.5 Å². The van der Waals surface area contributed by atoms with Crippen LogP contribution in [0.2, 0.25) is 0 Å². The maximum Gasteiger partial charge on any atom is 0.234 e. The predicted octanol–water partition coefficient (Wildman–Crippen LogP) is 2.48. The van der Waals surface area contributed by atoms with Crippen molar-refractivity contribution in [2.45, 2.75) is 25.9 Å². The maximum atomic E-state index is 12.4. The van der Waals surface area contributed by atoms with Crippen molar-refractivity contribution in [3.05, 3.63) is 47.3 Å². The van der Waals surface area contributed by atoms with E-state index in [1.165, 1.54) is 23.4 Å². The van der Waals surface area contributed by atoms with Gasteiger partial charge in [-0.1, -0.05) is 29.5 Å². The van der Waals surface area contributed by atoms with E-state index in [0.717, 1.165) is 17.1 Å². The minimum absolute atomic E-state index is 0.136. The number of amides is 1. The van der Waals surface area contributed by atoms with E-state index in [2.05, 4.69) is 20.4 Å². The van der Waals surface area contributed by atoms with Crippen molar-refractivity contribution < 1.29 is 4.79 Å². The number of nitrogen functional groups attached to an aromatic ring is 2. The topological polar surface area (TPSA) is 125 Å². The standard InChI is InChI=1S/C18H21N7OS/c1-10-4-6-13(7-5-10)25-12(3)17(11(2)24-25)23-16(26)9-27-18-21-14(19)8-15(20)22-18/h4-8H,9H2,1-3H3,(H,23,26)(H4,19,20,21,22). The summed E-state index contributed by atoms with van der Waals surface area (Å²) < 4.78 is 1.82. The van der Waals surface area contributed by atoms with Crippen molar-refractivity contribution >= 4 is 35.0 Å². The van der Waals surface area contributed by atoms with E-state index in [1.54, 1.807) is 0 Å². The molecule has 2 aromatic heterocycles. The summed E-state index contributed by atoms with van der Waals surface area (Å²) in [6, 6.07) is 9.52. The van der Waals surface area contributed by atoms with Crippen LogP contribution in [-0.2, 0) is 4.79 Å². The number of carbonyl (C=O) groups is 1. The molecule has 0 bridgehead atoms. The molecule has 1 amide bonds. The average Bonchev–Trinajstić information content (AvgIpc) is 2.88. The Morgan fingerprint density at radius 3 is 2.37 bits per heavy atom. The number of benzene rings is 1. The smallest absolute Gasteiger partial charge is 0.234 e. The Labute approximate surface area is 161 Å². The van der Waals surface area contributed by atoms with Gasteiger partial charge in [-0.15, -0.1) is 0 Å². The molecule has 0 radical (unpaired) electrons. The van der Waals surface area contributed by atoms with Gasteiger partial charge in [-0.3, -0.25) is 4.79 Å². The first-order valence-electron chi connectivity index (χ1n) is 8.29. The Morgan fingerprint density at radius 2 is 1.74 bits per heavy atom. The molecular weight excluding hydrogens is 362 g/mol. The molecule has 2 heterocycles. The van der Waals surface area contributed by atoms with Gasteiger partial charge >= 0.3 is 0 Å². The van der Waals surface area contributed by atoms with Crippen molar-refractivity contribution in [1.29, 1.82) is 0 Å². The van der Waals surface area contributed by atoms with Crippen LogP contribution >= 0.6 is 11.8 Å². The van der Waals surface area contributed by atoms with Crippen molar-refractivity contribution in [3.63, 3.8) is 0 Å². The van der Waals surface area contributed by atoms with Crippen LogP contribution in [0, 0.1) is 20.8 Å². The molecule has 27 heavy (non-hydrogen) atoms. The molecule has 0 spiro atoms. The quantitative estimate of drug-likeness (QED) is 0.456. The van der Waals surface area contributed by atoms with Gasteiger partial charge in [-0.25, -0.2) is 14.6 Å². The van der Waals surface area contributed by atoms with Crippen LogP contribution in [0.3, 0.4) is 0 Å². The van der Waals surface area contributed by atoms with Gasteiger partial charge < -0.3 is 16.8 Å². The summed E-state index contributed by atoms with van der Waals surface area (Å²) in [5.41, 5.74) is 15.7. The third-order valence-electron chi connectivity index (χ3n) is 3.91. The number of nitrogens with zero attached hydrogens (tertiary/aromatic N) is 4. The Kier molecular flexibility index (Phi) is 5.31. The minimum Gasteiger partial charge on any atom is -0.383 e. The zero-order chi connectivity index (χ0) is 19.6. The molecule has 0 fully saturated rings. The second kappa shape index (κ2) is 7.67. The predicted molar refractivity (Wildman–Crippen MR) is 108 cm³/mol. The Bertz CT molecular complexity index is 962. The van der Waals surface area contributed by atoms with Crippen LogP contribution in [-0.4, -0.2) is 31.4 Å². The fourth-order valence-corrected chi connectivity index (χ4v) is 3.27. The maximum absolute atomic E-state index is 12.4. The summed E-state index contributed by atoms with van der Waals surface area (Å²) in [7, 11) is 0. The molecule has 5 N–H and O–H groups in total. The van der Waals surface area contributed by atoms with Crippen LogP contribution < -0.4 is 16.8 Å². The number of nitrogens with one attached hydrogen (secondary N) is 1. The number of carbonyl (C=O) groups excluding carboxylic acids is 1. The molecule has 0 atom stereocenters. The van der Waals surface area contributed by atoms with Gasteiger partial charge in [0.25, 0.3) is 0 Å². The fraction of sp³-hybridized carbons (Fsp3) is 0.222. The van der Waals surface area contributed by atoms with Crippen LogP contribution in [0.5, 0.6) is 0 Å². The number of hydrogen-bond donors (Lipinski definition) is 3. The van der Waals surface area contributed by atoms with Gasteiger partial charge in [-0.2, -0.15) is 5.10 Å². The molecule has 1 aromatic carbocycles. The molecule has 0 aliphatic heterocycles. The first-order chi connectivity index (χ1) is 12.8. The summed E-state index contributed by atoms with van der Waals surface area (Å²) in [6.07, 6.45) is 0. The highest BCUT2D eigenvalue weighted by molar-refractivity contribution is 7.99. The fourth-order valence-electron chi connectivity index (χ4n) is 2.59. The molecule has 0 saturated carbocycles. The second-order valence-electron chi connectivity index (χ2n) is 6.13. The summed E-state index contributed by atoms with van der Waals surface area (Å²) in [6.45, 7) is 5.82. The minimum atomic E-state index is -0.181. The average molecular weight is 383 g/mol. The van der Waals surface area contributed by atoms with Crippen LogP contribution in [0.1, 0.15) is 17.0 Å². The molecule has 9 heteroatoms. The normalized spacial score (nSPS) is 10.8. The van der Waals surface area contributed by atoms with Crippen molar-refractivity contribution in [2.75, 3.05) is 22.5 Å². The number of nitrogens with two attached hydrogens (primary N) is 2. The molecule has 140 valence electrons. The van der Waals surface area contributed by atoms with E-state index >= 15 is 0 Å². The van der Waals surface area contributed by atoms with Gasteiger partial charge in [0.2, 0.25) is 5.91 Å². The lowest BCUT2D eigenvalue weighted by atomic mass is 10.2. The highest BCUT2D eigenvalue weighted by atomic mass is 32.2. The zero-order valence-corrected chi connectivity index (χ0v) is 16.2. The molecule has 0 aliphatic rings. The van der Waals surface area contributed by atoms with E-state index in [-0.39, 0.29) is 23.3 Å². The van der Waals surface area contributed by atoms with Crippen LogP contribution in [0.15, 0.2) is 35.5 Å². The van der Waals surface area contributed by atoms with Gasteiger partial charge in [0.15, 0.2) is 5.16 Å². The molecule has 3 aromatic rings. The second-order valence-corrected chi connectivity index (χ2v) is 7.07. The molecule has 0 aliphatic carbocycles. The largest absolute Gasteiger partial charge is 0.383 e. The van der Waals surface area contributed by atoms with Gasteiger partial charge in [0, 0.05) is 6.07 Å². The van der Waals surface area contributed by atoms with Crippen molar-refractivity contribution in [3.8, 4) is 5.69 Å². The number of thioether (sulfide) groups is 1. The molecule has 8 nitrogen and oxygen atoms in total. The summed E-state index contributed by atoms with van der Waals surface area (Å²) in [4.78, 5) is 20.5. The lowest BCUT2D eigenvalue weighted by Crippen LogP contribution is -2.15. The lowest BCUT2D eigenvalue weighted by molar-refractivity contribution is -0.113. The number of aryl methyl sites for hydroxylation is 2. The number of hydrogen-bond acceptors (Lipinski definition) is 7. The highest BCUT2D eigenvalue weighted by Crippen LogP contribution is 2.24. The monoisotopic (exact) mass is 383 g/mol. The van der Waals surface area contributed by atoms with E-state index < -0.39 is 0 Å². The van der Waals surface area contributed by atoms with Crippen LogP contribution in [0.25, 0.3) is 5.69 Å². The highest BCUT2D eigenvalue weighted by Gasteiger charge is 2.16. The Balaban J connectivity index is 1.71. The third kappa shape index (κ3) is 4.37. The molecule has 3 rings (SSSR count). The first kappa shape index (κ1) is 18.7. The Morgan fingerprint density at radius 1 is 1.11 bits per heavy atom. The first-order valence-corrected chi connectivity index (χ1v) is 9.28. The van der Waals surface area contributed by atoms with E-state index in [0.29, 0.717) is 10.8 Å².